The Morgan fingerprint density at radius 2 is 2.00 bits per heavy atom. The number of fused-ring (bicyclic) bond motifs is 1. The number of nitrogens with one attached hydrogen (secondary N) is 1. The first kappa shape index (κ1) is 19.2. The molecule has 0 saturated carbocycles. The Balaban J connectivity index is 0.00000240. The summed E-state index contributed by atoms with van der Waals surface area (Å²) in [6, 6.07) is 3.49. The Kier molecular flexibility index (Phi) is 5.54. The molecule has 0 aliphatic heterocycles. The number of halogens is 1. The van der Waals surface area contributed by atoms with E-state index >= 15 is 0 Å². The number of imidazole rings is 1. The fourth-order valence-corrected chi connectivity index (χ4v) is 4.70. The number of hydrogen-bond acceptors (Lipinski definition) is 2. The molecule has 2 aliphatic carbocycles. The molecule has 1 heterocycles. The van der Waals surface area contributed by atoms with Gasteiger partial charge in [0.05, 0.1) is 11.6 Å². The van der Waals surface area contributed by atoms with E-state index in [1.807, 2.05) is 13.0 Å². The molecule has 1 aromatic carbocycles. The summed E-state index contributed by atoms with van der Waals surface area (Å²) in [4.78, 5) is 15.3. The fraction of sp³-hybridized carbons (Fsp3) is 0.522. The number of hydrogen-bond donors (Lipinski definition) is 1. The largest absolute Gasteiger partial charge is 0.381 e. The zero-order valence-corrected chi connectivity index (χ0v) is 16.8. The van der Waals surface area contributed by atoms with Crippen LogP contribution in [0.5, 0.6) is 0 Å². The van der Waals surface area contributed by atoms with Crippen molar-refractivity contribution in [2.24, 2.45) is 0 Å². The van der Waals surface area contributed by atoms with Crippen LogP contribution < -0.4 is 5.69 Å². The van der Waals surface area contributed by atoms with Gasteiger partial charge in [0, 0.05) is 14.6 Å². The summed E-state index contributed by atoms with van der Waals surface area (Å²) in [5.74, 6) is -0.350. The highest BCUT2D eigenvalue weighted by Gasteiger charge is 2.22. The molecule has 0 fully saturated rings. The minimum absolute atomic E-state index is 0. The van der Waals surface area contributed by atoms with Crippen LogP contribution in [0.4, 0.5) is 4.39 Å². The van der Waals surface area contributed by atoms with Crippen LogP contribution in [0.25, 0.3) is 11.0 Å². The Morgan fingerprint density at radius 1 is 1.21 bits per heavy atom. The quantitative estimate of drug-likeness (QED) is 0.697. The van der Waals surface area contributed by atoms with Crippen molar-refractivity contribution in [2.45, 2.75) is 70.4 Å². The summed E-state index contributed by atoms with van der Waals surface area (Å²) in [7, 11) is 1.79. The SMILES string of the molecule is CO[C@@H]1CC=C(CC2=CCCC(n3c(=O)[nH]c4c(F)cc(C)cc43)CC2)CC1.[HH]. The summed E-state index contributed by atoms with van der Waals surface area (Å²) in [5.41, 5.74) is 4.64. The van der Waals surface area contributed by atoms with E-state index < -0.39 is 0 Å². The van der Waals surface area contributed by atoms with Crippen LogP contribution in [-0.4, -0.2) is 22.8 Å². The number of H-pyrrole nitrogens is 1. The first-order valence-corrected chi connectivity index (χ1v) is 10.3. The van der Waals surface area contributed by atoms with Crippen LogP contribution in [0, 0.1) is 12.7 Å². The third-order valence-electron chi connectivity index (χ3n) is 6.27. The first-order valence-electron chi connectivity index (χ1n) is 10.3. The van der Waals surface area contributed by atoms with E-state index in [9.17, 15) is 9.18 Å². The van der Waals surface area contributed by atoms with Crippen molar-refractivity contribution < 1.29 is 10.6 Å². The second-order valence-corrected chi connectivity index (χ2v) is 8.24. The summed E-state index contributed by atoms with van der Waals surface area (Å²) >= 11 is 0. The van der Waals surface area contributed by atoms with Gasteiger partial charge in [-0.1, -0.05) is 23.3 Å². The number of nitrogens with zero attached hydrogens (tertiary/aromatic N) is 1. The maximum atomic E-state index is 14.3. The number of aryl methyl sites for hydroxylation is 1. The molecule has 2 atom stereocenters. The Hall–Kier alpha value is -2.14. The van der Waals surface area contributed by atoms with Gasteiger partial charge in [0.25, 0.3) is 0 Å². The lowest BCUT2D eigenvalue weighted by atomic mass is 9.91. The smallest absolute Gasteiger partial charge is 0.326 e. The van der Waals surface area contributed by atoms with Gasteiger partial charge in [-0.25, -0.2) is 9.18 Å². The van der Waals surface area contributed by atoms with E-state index in [0.717, 1.165) is 56.9 Å². The van der Waals surface area contributed by atoms with E-state index in [-0.39, 0.29) is 19.0 Å². The van der Waals surface area contributed by atoms with E-state index in [0.29, 0.717) is 17.1 Å². The summed E-state index contributed by atoms with van der Waals surface area (Å²) in [5, 5.41) is 0. The number of aromatic nitrogens is 2. The van der Waals surface area contributed by atoms with Crippen molar-refractivity contribution in [3.63, 3.8) is 0 Å². The van der Waals surface area contributed by atoms with E-state index in [4.69, 9.17) is 4.74 Å². The molecule has 4 nitrogen and oxygen atoms in total. The molecule has 0 bridgehead atoms. The molecule has 0 radical (unpaired) electrons. The number of rotatable bonds is 4. The molecule has 152 valence electrons. The molecule has 0 saturated heterocycles. The fourth-order valence-electron chi connectivity index (χ4n) is 4.70. The zero-order valence-electron chi connectivity index (χ0n) is 16.8. The first-order chi connectivity index (χ1) is 13.5. The normalized spacial score (nSPS) is 23.4. The third-order valence-corrected chi connectivity index (χ3v) is 6.27. The highest BCUT2D eigenvalue weighted by atomic mass is 19.1. The van der Waals surface area contributed by atoms with Gasteiger partial charge in [-0.15, -0.1) is 0 Å². The predicted octanol–water partition coefficient (Wildman–Crippen LogP) is 5.58. The lowest BCUT2D eigenvalue weighted by molar-refractivity contribution is 0.0938. The van der Waals surface area contributed by atoms with Gasteiger partial charge in [-0.05, 0) is 76.0 Å². The van der Waals surface area contributed by atoms with Gasteiger partial charge in [0.15, 0.2) is 0 Å². The second-order valence-electron chi connectivity index (χ2n) is 8.24. The van der Waals surface area contributed by atoms with Crippen LogP contribution in [0.15, 0.2) is 40.2 Å². The average molecular weight is 387 g/mol. The number of allylic oxidation sites excluding steroid dienone is 3. The molecule has 2 aromatic rings. The van der Waals surface area contributed by atoms with E-state index in [1.54, 1.807) is 11.7 Å². The molecule has 28 heavy (non-hydrogen) atoms. The molecular formula is C23H31FN2O2. The minimum atomic E-state index is -0.350. The molecular weight excluding hydrogens is 355 g/mol. The molecule has 1 N–H and O–H groups in total. The second kappa shape index (κ2) is 8.08. The van der Waals surface area contributed by atoms with Gasteiger partial charge < -0.3 is 9.72 Å². The molecule has 0 amide bonds. The molecule has 1 aromatic heterocycles. The highest BCUT2D eigenvalue weighted by Crippen LogP contribution is 2.33. The van der Waals surface area contributed by atoms with Crippen LogP contribution in [0.2, 0.25) is 0 Å². The Labute approximate surface area is 166 Å². The van der Waals surface area contributed by atoms with Crippen LogP contribution in [0.1, 0.15) is 64.4 Å². The van der Waals surface area contributed by atoms with Gasteiger partial charge in [0.1, 0.15) is 11.3 Å². The van der Waals surface area contributed by atoms with Crippen molar-refractivity contribution in [3.05, 3.63) is 57.3 Å². The van der Waals surface area contributed by atoms with Crippen LogP contribution >= 0.6 is 0 Å². The van der Waals surface area contributed by atoms with Crippen molar-refractivity contribution >= 4 is 11.0 Å². The average Bonchev–Trinajstić information content (AvgIpc) is 2.85. The van der Waals surface area contributed by atoms with E-state index in [1.165, 1.54) is 17.2 Å². The van der Waals surface area contributed by atoms with Crippen molar-refractivity contribution in [1.29, 1.82) is 0 Å². The molecule has 1 unspecified atom stereocenters. The standard InChI is InChI=1S/C23H29FN2O2.H2/c1-15-12-20(24)22-21(13-15)26(23(27)25-22)18-5-3-4-16(6-9-18)14-17-7-10-19(28-2)11-8-17;/h4,7,12-13,18-19H,3,5-6,8-11,14H2,1-2H3,(H,25,27);1H/t18?,19-;/m1./s1. The van der Waals surface area contributed by atoms with Crippen molar-refractivity contribution in [3.8, 4) is 0 Å². The third kappa shape index (κ3) is 3.86. The van der Waals surface area contributed by atoms with Gasteiger partial charge in [-0.3, -0.25) is 4.57 Å². The topological polar surface area (TPSA) is 47.0 Å². The lowest BCUT2D eigenvalue weighted by Gasteiger charge is -2.21. The summed E-state index contributed by atoms with van der Waals surface area (Å²) in [6.45, 7) is 1.86. The predicted molar refractivity (Wildman–Crippen MR) is 112 cm³/mol. The van der Waals surface area contributed by atoms with Crippen molar-refractivity contribution in [2.75, 3.05) is 7.11 Å². The minimum Gasteiger partial charge on any atom is -0.381 e. The number of benzene rings is 1. The highest BCUT2D eigenvalue weighted by molar-refractivity contribution is 5.77. The van der Waals surface area contributed by atoms with Gasteiger partial charge >= 0.3 is 5.69 Å². The van der Waals surface area contributed by atoms with Crippen LogP contribution in [0.3, 0.4) is 0 Å². The van der Waals surface area contributed by atoms with Gasteiger partial charge in [0.2, 0.25) is 0 Å². The number of ether oxygens (including phenoxy) is 1. The van der Waals surface area contributed by atoms with Crippen molar-refractivity contribution in [1.82, 2.24) is 9.55 Å². The Morgan fingerprint density at radius 3 is 2.75 bits per heavy atom. The van der Waals surface area contributed by atoms with Gasteiger partial charge in [-0.2, -0.15) is 0 Å². The molecule has 2 aliphatic rings. The van der Waals surface area contributed by atoms with E-state index in [2.05, 4.69) is 17.1 Å². The molecule has 4 rings (SSSR count). The summed E-state index contributed by atoms with van der Waals surface area (Å²) in [6.07, 6.45) is 13.1. The number of aromatic amines is 1. The zero-order chi connectivity index (χ0) is 19.7. The maximum absolute atomic E-state index is 14.3. The summed E-state index contributed by atoms with van der Waals surface area (Å²) < 4.78 is 21.5. The monoisotopic (exact) mass is 386 g/mol. The maximum Gasteiger partial charge on any atom is 0.326 e. The number of methoxy groups -OCH3 is 1. The van der Waals surface area contributed by atoms with Crippen LogP contribution in [-0.2, 0) is 4.74 Å². The molecule has 5 heteroatoms. The Bertz CT molecular complexity index is 989. The molecule has 0 spiro atoms. The lowest BCUT2D eigenvalue weighted by Crippen LogP contribution is -2.22.